The summed E-state index contributed by atoms with van der Waals surface area (Å²) in [6.07, 6.45) is 10.3. The summed E-state index contributed by atoms with van der Waals surface area (Å²) in [4.78, 5) is 37.8. The number of carbonyl (C=O) groups excluding carboxylic acids is 2. The Morgan fingerprint density at radius 2 is 1.80 bits per heavy atom. The summed E-state index contributed by atoms with van der Waals surface area (Å²) in [6, 6.07) is 5.50. The predicted octanol–water partition coefficient (Wildman–Crippen LogP) is 2.83. The maximum Gasteiger partial charge on any atom is 0.272 e. The van der Waals surface area contributed by atoms with Crippen LogP contribution in [0, 0.1) is 0 Å². The molecule has 2 aliphatic heterocycles. The highest BCUT2D eigenvalue weighted by Crippen LogP contribution is 2.45. The van der Waals surface area contributed by atoms with Gasteiger partial charge >= 0.3 is 0 Å². The topological polar surface area (TPSA) is 179 Å². The number of H-pyrrole nitrogens is 1. The third-order valence-corrected chi connectivity index (χ3v) is 8.32. The monoisotopic (exact) mass is 551 g/mol. The number of hydrogen-bond donors (Lipinski definition) is 3. The van der Waals surface area contributed by atoms with Crippen LogP contribution in [-0.2, 0) is 7.05 Å². The first-order valence-electron chi connectivity index (χ1n) is 13.6. The number of pyridine rings is 1. The highest BCUT2D eigenvalue weighted by molar-refractivity contribution is 6.00. The molecule has 1 amide bonds. The molecule has 0 aromatic carbocycles. The van der Waals surface area contributed by atoms with Gasteiger partial charge in [-0.05, 0) is 38.7 Å². The molecule has 3 atom stereocenters. The zero-order chi connectivity index (χ0) is 28.4. The van der Waals surface area contributed by atoms with Crippen LogP contribution in [0.25, 0.3) is 28.0 Å². The number of fused-ring (bicyclic) bond motifs is 3. The Labute approximate surface area is 234 Å². The quantitative estimate of drug-likeness (QED) is 0.277. The van der Waals surface area contributed by atoms with Gasteiger partial charge in [-0.3, -0.25) is 24.4 Å². The van der Waals surface area contributed by atoms with E-state index in [-0.39, 0.29) is 41.3 Å². The summed E-state index contributed by atoms with van der Waals surface area (Å²) in [5.74, 6) is 0.250. The number of hydrogen-bond acceptors (Lipinski definition) is 9. The second-order valence-corrected chi connectivity index (χ2v) is 10.9. The Bertz CT molecular complexity index is 1800. The fourth-order valence-corrected chi connectivity index (χ4v) is 6.49. The highest BCUT2D eigenvalue weighted by Gasteiger charge is 2.45. The van der Waals surface area contributed by atoms with Crippen LogP contribution < -0.4 is 11.5 Å². The number of ketones is 1. The SMILES string of the molecule is CC(=O)c1c(C2C[C@H]3CC[C@@H](C2)N3C(=O)c2cc(N)n[nH]2)nc2c(-c3ccc(-c4cnn(C)c4)nc3)cnn2c1N. The van der Waals surface area contributed by atoms with Gasteiger partial charge in [0.05, 0.1) is 29.3 Å². The molecule has 2 bridgehead atoms. The lowest BCUT2D eigenvalue weighted by Gasteiger charge is -2.39. The molecule has 41 heavy (non-hydrogen) atoms. The average Bonchev–Trinajstić information content (AvgIpc) is 3.74. The number of nitrogen functional groups attached to an aromatic ring is 2. The maximum absolute atomic E-state index is 13.3. The van der Waals surface area contributed by atoms with Crippen molar-refractivity contribution in [3.8, 4) is 22.4 Å². The Kier molecular flexibility index (Phi) is 5.63. The number of nitrogens with zero attached hydrogens (tertiary/aromatic N) is 8. The van der Waals surface area contributed by atoms with E-state index in [1.54, 1.807) is 29.3 Å². The molecule has 2 fully saturated rings. The maximum atomic E-state index is 13.3. The molecule has 208 valence electrons. The van der Waals surface area contributed by atoms with E-state index in [1.807, 2.05) is 30.3 Å². The number of aromatic nitrogens is 8. The molecule has 13 heteroatoms. The first kappa shape index (κ1) is 24.9. The van der Waals surface area contributed by atoms with Crippen LogP contribution in [0.4, 0.5) is 11.6 Å². The van der Waals surface area contributed by atoms with Gasteiger partial charge in [0, 0.05) is 60.2 Å². The van der Waals surface area contributed by atoms with E-state index in [4.69, 9.17) is 16.5 Å². The van der Waals surface area contributed by atoms with Crippen molar-refractivity contribution >= 4 is 29.0 Å². The Balaban J connectivity index is 1.25. The molecule has 0 saturated carbocycles. The van der Waals surface area contributed by atoms with E-state index in [9.17, 15) is 9.59 Å². The van der Waals surface area contributed by atoms with Crippen LogP contribution in [0.5, 0.6) is 0 Å². The number of rotatable bonds is 5. The molecule has 7 heterocycles. The van der Waals surface area contributed by atoms with Crippen molar-refractivity contribution < 1.29 is 9.59 Å². The third kappa shape index (κ3) is 4.03. The second-order valence-electron chi connectivity index (χ2n) is 10.9. The fourth-order valence-electron chi connectivity index (χ4n) is 6.49. The van der Waals surface area contributed by atoms with Crippen molar-refractivity contribution in [1.29, 1.82) is 0 Å². The van der Waals surface area contributed by atoms with Crippen molar-refractivity contribution in [2.24, 2.45) is 7.05 Å². The van der Waals surface area contributed by atoms with Crippen molar-refractivity contribution in [2.75, 3.05) is 11.5 Å². The van der Waals surface area contributed by atoms with Gasteiger partial charge in [0.15, 0.2) is 11.4 Å². The van der Waals surface area contributed by atoms with Gasteiger partial charge in [-0.15, -0.1) is 0 Å². The van der Waals surface area contributed by atoms with Gasteiger partial charge in [-0.25, -0.2) is 4.98 Å². The molecule has 2 saturated heterocycles. The minimum absolute atomic E-state index is 0.0171. The first-order valence-corrected chi connectivity index (χ1v) is 13.6. The molecule has 7 rings (SSSR count). The van der Waals surface area contributed by atoms with Crippen molar-refractivity contribution in [3.05, 3.63) is 59.9 Å². The van der Waals surface area contributed by atoms with E-state index in [1.165, 1.54) is 11.4 Å². The lowest BCUT2D eigenvalue weighted by Crippen LogP contribution is -2.46. The summed E-state index contributed by atoms with van der Waals surface area (Å²) in [5.41, 5.74) is 17.7. The van der Waals surface area contributed by atoms with E-state index in [2.05, 4.69) is 25.4 Å². The molecule has 0 aliphatic carbocycles. The van der Waals surface area contributed by atoms with E-state index >= 15 is 0 Å². The van der Waals surface area contributed by atoms with Gasteiger partial charge < -0.3 is 16.4 Å². The number of carbonyl (C=O) groups is 2. The highest BCUT2D eigenvalue weighted by atomic mass is 16.2. The van der Waals surface area contributed by atoms with Gasteiger partial charge in [0.1, 0.15) is 17.3 Å². The lowest BCUT2D eigenvalue weighted by molar-refractivity contribution is 0.0562. The molecule has 0 spiro atoms. The van der Waals surface area contributed by atoms with Gasteiger partial charge in [-0.2, -0.15) is 19.8 Å². The molecule has 13 nitrogen and oxygen atoms in total. The lowest BCUT2D eigenvalue weighted by atomic mass is 9.85. The molecular formula is C28H29N11O2. The van der Waals surface area contributed by atoms with Crippen LogP contribution in [0.1, 0.15) is 65.1 Å². The number of nitrogens with one attached hydrogen (secondary N) is 1. The average molecular weight is 552 g/mol. The molecule has 0 radical (unpaired) electrons. The largest absolute Gasteiger partial charge is 0.383 e. The summed E-state index contributed by atoms with van der Waals surface area (Å²) in [7, 11) is 1.86. The fraction of sp³-hybridized carbons (Fsp3) is 0.321. The van der Waals surface area contributed by atoms with Crippen molar-refractivity contribution in [1.82, 2.24) is 44.5 Å². The Morgan fingerprint density at radius 1 is 1.02 bits per heavy atom. The van der Waals surface area contributed by atoms with Crippen molar-refractivity contribution in [2.45, 2.75) is 50.6 Å². The van der Waals surface area contributed by atoms with Crippen LogP contribution >= 0.6 is 0 Å². The van der Waals surface area contributed by atoms with Gasteiger partial charge in [0.25, 0.3) is 5.91 Å². The van der Waals surface area contributed by atoms with E-state index < -0.39 is 0 Å². The summed E-state index contributed by atoms with van der Waals surface area (Å²) < 4.78 is 3.26. The van der Waals surface area contributed by atoms with Crippen LogP contribution in [0.15, 0.2) is 43.0 Å². The standard InChI is InChI=1S/C28H29N11O2/c1-14(40)24-25(16-7-18-4-5-19(8-16)38(18)28(41)22-9-23(29)36-35-22)34-27-20(12-33-39(27)26(24)30)15-3-6-21(31-10-15)17-11-32-37(2)13-17/h3,6,9-13,16,18-19H,4-5,7-8,30H2,1-2H3,(H3,29,35,36)/t16?,18-,19+. The molecule has 2 aliphatic rings. The number of nitrogens with two attached hydrogens (primary N) is 2. The number of aromatic amines is 1. The van der Waals surface area contributed by atoms with Crippen molar-refractivity contribution in [3.63, 3.8) is 0 Å². The second kappa shape index (κ2) is 9.25. The number of aryl methyl sites for hydroxylation is 1. The van der Waals surface area contributed by atoms with E-state index in [0.717, 1.165) is 35.2 Å². The molecule has 5 N–H and O–H groups in total. The smallest absolute Gasteiger partial charge is 0.272 e. The van der Waals surface area contributed by atoms with Gasteiger partial charge in [0.2, 0.25) is 0 Å². The summed E-state index contributed by atoms with van der Waals surface area (Å²) >= 11 is 0. The molecule has 5 aromatic heterocycles. The van der Waals surface area contributed by atoms with Crippen LogP contribution in [0.2, 0.25) is 0 Å². The van der Waals surface area contributed by atoms with Crippen LogP contribution in [-0.4, -0.2) is 68.2 Å². The molecule has 1 unspecified atom stereocenters. The van der Waals surface area contributed by atoms with E-state index in [0.29, 0.717) is 35.4 Å². The number of piperidine rings is 1. The first-order chi connectivity index (χ1) is 19.8. The molecule has 5 aromatic rings. The molecular weight excluding hydrogens is 522 g/mol. The zero-order valence-electron chi connectivity index (χ0n) is 22.7. The number of Topliss-reactive ketones (excluding diaryl/α,β-unsaturated/α-hetero) is 1. The minimum atomic E-state index is -0.162. The summed E-state index contributed by atoms with van der Waals surface area (Å²) in [5, 5.41) is 15.4. The number of anilines is 2. The Morgan fingerprint density at radius 3 is 2.41 bits per heavy atom. The van der Waals surface area contributed by atoms with Crippen LogP contribution in [0.3, 0.4) is 0 Å². The number of amides is 1. The zero-order valence-corrected chi connectivity index (χ0v) is 22.7. The predicted molar refractivity (Wildman–Crippen MR) is 151 cm³/mol. The summed E-state index contributed by atoms with van der Waals surface area (Å²) in [6.45, 7) is 1.50. The minimum Gasteiger partial charge on any atom is -0.383 e. The Hall–Kier alpha value is -5.07. The third-order valence-electron chi connectivity index (χ3n) is 8.32. The normalized spacial score (nSPS) is 20.1. The van der Waals surface area contributed by atoms with Gasteiger partial charge in [-0.1, -0.05) is 6.07 Å².